The number of rotatable bonds is 3. The van der Waals surface area contributed by atoms with E-state index in [-0.39, 0.29) is 10.9 Å². The first-order valence-electron chi connectivity index (χ1n) is 6.70. The van der Waals surface area contributed by atoms with Crippen molar-refractivity contribution in [3.05, 3.63) is 33.8 Å². The molecule has 1 saturated carbocycles. The van der Waals surface area contributed by atoms with Gasteiger partial charge in [-0.25, -0.2) is 4.99 Å². The van der Waals surface area contributed by atoms with E-state index in [4.69, 9.17) is 38.4 Å². The van der Waals surface area contributed by atoms with Gasteiger partial charge in [-0.05, 0) is 11.6 Å². The van der Waals surface area contributed by atoms with Gasteiger partial charge in [-0.15, -0.1) is 0 Å². The van der Waals surface area contributed by atoms with E-state index < -0.39 is 22.7 Å². The van der Waals surface area contributed by atoms with Crippen molar-refractivity contribution in [2.45, 2.75) is 11.8 Å². The predicted octanol–water partition coefficient (Wildman–Crippen LogP) is 0.509. The lowest BCUT2D eigenvalue weighted by molar-refractivity contribution is -0.687. The lowest BCUT2D eigenvalue weighted by Crippen LogP contribution is -2.90. The third kappa shape index (κ3) is 1.48. The standard InChI is InChI=1S/C15H12Cl2N4O2/c1-22-15(23-2)14(7-19)11(13(14,6-18)12(20)21-15)8-4-3-5-9(16)10(8)17/h3-5,11H,1-2H3,(H2,20,21)/p+1/t11-,13-,14-/m1/s1. The van der Waals surface area contributed by atoms with E-state index in [1.807, 2.05) is 0 Å². The Balaban J connectivity index is 2.30. The number of nitrogens with one attached hydrogen (secondary N) is 1. The third-order valence-electron chi connectivity index (χ3n) is 4.87. The maximum Gasteiger partial charge on any atom is 0.342 e. The normalized spacial score (nSPS) is 33.3. The number of fused-ring (bicyclic) bond motifs is 1. The van der Waals surface area contributed by atoms with Crippen LogP contribution < -0.4 is 10.7 Å². The maximum absolute atomic E-state index is 9.92. The summed E-state index contributed by atoms with van der Waals surface area (Å²) in [5.41, 5.74) is 3.93. The Morgan fingerprint density at radius 3 is 2.39 bits per heavy atom. The van der Waals surface area contributed by atoms with Crippen LogP contribution in [-0.4, -0.2) is 26.0 Å². The van der Waals surface area contributed by atoms with Crippen molar-refractivity contribution in [3.63, 3.8) is 0 Å². The Bertz CT molecular complexity index is 809. The molecule has 8 heteroatoms. The van der Waals surface area contributed by atoms with E-state index in [9.17, 15) is 10.5 Å². The van der Waals surface area contributed by atoms with Crippen LogP contribution in [0.25, 0.3) is 0 Å². The van der Waals surface area contributed by atoms with E-state index >= 15 is 0 Å². The van der Waals surface area contributed by atoms with Crippen LogP contribution in [0.5, 0.6) is 0 Å². The zero-order chi connectivity index (χ0) is 17.0. The van der Waals surface area contributed by atoms with Crippen molar-refractivity contribution in [2.75, 3.05) is 14.2 Å². The summed E-state index contributed by atoms with van der Waals surface area (Å²) in [5, 5.41) is 20.4. The van der Waals surface area contributed by atoms with Crippen molar-refractivity contribution in [1.82, 2.24) is 0 Å². The Morgan fingerprint density at radius 2 is 1.87 bits per heavy atom. The van der Waals surface area contributed by atoms with Crippen LogP contribution >= 0.6 is 23.2 Å². The molecule has 2 aliphatic rings. The lowest BCUT2D eigenvalue weighted by atomic mass is 9.93. The van der Waals surface area contributed by atoms with E-state index in [0.717, 1.165) is 0 Å². The summed E-state index contributed by atoms with van der Waals surface area (Å²) < 4.78 is 10.9. The van der Waals surface area contributed by atoms with Crippen molar-refractivity contribution < 1.29 is 14.5 Å². The number of benzene rings is 1. The number of nitrogens with two attached hydrogens (primary N) is 1. The molecule has 3 rings (SSSR count). The van der Waals surface area contributed by atoms with Gasteiger partial charge < -0.3 is 9.47 Å². The van der Waals surface area contributed by atoms with Gasteiger partial charge in [-0.1, -0.05) is 35.3 Å². The highest BCUT2D eigenvalue weighted by Crippen LogP contribution is 2.79. The molecule has 0 amide bonds. The molecule has 0 bridgehead atoms. The predicted molar refractivity (Wildman–Crippen MR) is 82.2 cm³/mol. The lowest BCUT2D eigenvalue weighted by Gasteiger charge is -2.27. The number of halogens is 2. The molecule has 0 spiro atoms. The summed E-state index contributed by atoms with van der Waals surface area (Å²) in [4.78, 5) is 2.81. The molecule has 0 radical (unpaired) electrons. The maximum atomic E-state index is 9.92. The van der Waals surface area contributed by atoms with Crippen molar-refractivity contribution in [3.8, 4) is 12.1 Å². The highest BCUT2D eigenvalue weighted by Gasteiger charge is 2.97. The molecule has 1 heterocycles. The summed E-state index contributed by atoms with van der Waals surface area (Å²) >= 11 is 12.4. The fourth-order valence-corrected chi connectivity index (χ4v) is 4.24. The molecule has 3 N–H and O–H groups in total. The minimum Gasteiger partial charge on any atom is -0.317 e. The molecule has 0 unspecified atom stereocenters. The summed E-state index contributed by atoms with van der Waals surface area (Å²) in [6.45, 7) is 0. The van der Waals surface area contributed by atoms with Crippen LogP contribution in [0.2, 0.25) is 10.0 Å². The second-order valence-corrected chi connectivity index (χ2v) is 6.26. The van der Waals surface area contributed by atoms with Crippen LogP contribution in [0.3, 0.4) is 0 Å². The molecular formula is C15H13Cl2N4O2+. The Labute approximate surface area is 143 Å². The minimum absolute atomic E-state index is 0.117. The monoisotopic (exact) mass is 351 g/mol. The van der Waals surface area contributed by atoms with Gasteiger partial charge >= 0.3 is 5.91 Å². The van der Waals surface area contributed by atoms with Crippen LogP contribution in [0.15, 0.2) is 18.2 Å². The van der Waals surface area contributed by atoms with Gasteiger partial charge in [0.05, 0.1) is 22.2 Å². The number of nitriles is 2. The van der Waals surface area contributed by atoms with E-state index in [1.54, 1.807) is 18.2 Å². The SMILES string of the molecule is COC1(OC)[NH+]=C(N)[C@@]2(C#N)[C@@H](c3cccc(Cl)c3Cl)[C@@]12C#N. The average Bonchev–Trinajstić information content (AvgIpc) is 3.12. The number of amidine groups is 1. The summed E-state index contributed by atoms with van der Waals surface area (Å²) in [7, 11) is 2.76. The number of hydrogen-bond acceptors (Lipinski definition) is 5. The molecule has 1 aromatic rings. The molecule has 0 aromatic heterocycles. The molecule has 6 nitrogen and oxygen atoms in total. The molecule has 118 valence electrons. The highest BCUT2D eigenvalue weighted by atomic mass is 35.5. The molecule has 1 fully saturated rings. The molecule has 1 aliphatic heterocycles. The number of hydrogen-bond donors (Lipinski definition) is 2. The first-order chi connectivity index (χ1) is 10.9. The topological polar surface area (TPSA) is 106 Å². The Kier molecular flexibility index (Phi) is 3.37. The van der Waals surface area contributed by atoms with Gasteiger partial charge in [0, 0.05) is 20.1 Å². The molecular weight excluding hydrogens is 339 g/mol. The van der Waals surface area contributed by atoms with Crippen LogP contribution in [0.4, 0.5) is 0 Å². The van der Waals surface area contributed by atoms with E-state index in [2.05, 4.69) is 17.1 Å². The van der Waals surface area contributed by atoms with Gasteiger partial charge in [0.1, 0.15) is 0 Å². The molecule has 1 aromatic carbocycles. The second-order valence-electron chi connectivity index (χ2n) is 5.48. The van der Waals surface area contributed by atoms with E-state index in [1.165, 1.54) is 14.2 Å². The Hall–Kier alpha value is -1.83. The summed E-state index contributed by atoms with van der Waals surface area (Å²) in [6, 6.07) is 9.41. The minimum atomic E-state index is -1.54. The largest absolute Gasteiger partial charge is 0.342 e. The van der Waals surface area contributed by atoms with Gasteiger partial charge in [0.2, 0.25) is 0 Å². The first kappa shape index (κ1) is 16.0. The molecule has 23 heavy (non-hydrogen) atoms. The fraction of sp³-hybridized carbons (Fsp3) is 0.400. The van der Waals surface area contributed by atoms with Crippen molar-refractivity contribution in [1.29, 1.82) is 10.5 Å². The van der Waals surface area contributed by atoms with Crippen LogP contribution in [0, 0.1) is 33.5 Å². The smallest absolute Gasteiger partial charge is 0.317 e. The Morgan fingerprint density at radius 1 is 1.22 bits per heavy atom. The van der Waals surface area contributed by atoms with Gasteiger partial charge in [-0.2, -0.15) is 10.5 Å². The third-order valence-corrected chi connectivity index (χ3v) is 5.70. The average molecular weight is 352 g/mol. The highest BCUT2D eigenvalue weighted by molar-refractivity contribution is 6.42. The summed E-state index contributed by atoms with van der Waals surface area (Å²) in [5.74, 6) is -2.05. The number of methoxy groups -OCH3 is 2. The van der Waals surface area contributed by atoms with Gasteiger partial charge in [0.25, 0.3) is 5.84 Å². The van der Waals surface area contributed by atoms with Gasteiger partial charge in [0.15, 0.2) is 10.8 Å². The number of ether oxygens (including phenoxy) is 2. The van der Waals surface area contributed by atoms with E-state index in [0.29, 0.717) is 10.6 Å². The second kappa shape index (κ2) is 4.83. The van der Waals surface area contributed by atoms with Crippen LogP contribution in [-0.2, 0) is 9.47 Å². The van der Waals surface area contributed by atoms with Crippen molar-refractivity contribution in [2.24, 2.45) is 16.6 Å². The quantitative estimate of drug-likeness (QED) is 0.771. The van der Waals surface area contributed by atoms with Crippen molar-refractivity contribution >= 4 is 29.0 Å². The zero-order valence-electron chi connectivity index (χ0n) is 12.4. The van der Waals surface area contributed by atoms with Gasteiger partial charge in [-0.3, -0.25) is 5.73 Å². The summed E-state index contributed by atoms with van der Waals surface area (Å²) in [6.07, 6.45) is 0. The first-order valence-corrected chi connectivity index (χ1v) is 7.45. The molecule has 3 atom stereocenters. The molecule has 0 saturated heterocycles. The van der Waals surface area contributed by atoms with Crippen LogP contribution in [0.1, 0.15) is 11.5 Å². The molecule has 1 aliphatic carbocycles. The number of nitrogens with zero attached hydrogens (tertiary/aromatic N) is 2. The fourth-order valence-electron chi connectivity index (χ4n) is 3.82. The zero-order valence-corrected chi connectivity index (χ0v) is 13.9.